The smallest absolute Gasteiger partial charge is 0.119 e. The quantitative estimate of drug-likeness (QED) is 0.826. The van der Waals surface area contributed by atoms with Gasteiger partial charge in [-0.1, -0.05) is 37.7 Å². The minimum Gasteiger partial charge on any atom is -0.493 e. The van der Waals surface area contributed by atoms with Crippen LogP contribution >= 0.6 is 23.8 Å². The van der Waals surface area contributed by atoms with Crippen molar-refractivity contribution in [3.05, 3.63) is 29.3 Å². The zero-order valence-electron chi connectivity index (χ0n) is 8.79. The summed E-state index contributed by atoms with van der Waals surface area (Å²) >= 11 is 10.7. The van der Waals surface area contributed by atoms with Gasteiger partial charge in [0, 0.05) is 10.4 Å². The maximum absolute atomic E-state index is 5.76. The highest BCUT2D eigenvalue weighted by Crippen LogP contribution is 2.20. The number of rotatable bonds is 4. The predicted molar refractivity (Wildman–Crippen MR) is 67.5 cm³/mol. The molecule has 0 spiro atoms. The topological polar surface area (TPSA) is 35.2 Å². The summed E-state index contributed by atoms with van der Waals surface area (Å²) in [5.41, 5.74) is 5.29. The molecule has 82 valence electrons. The van der Waals surface area contributed by atoms with Gasteiger partial charge in [-0.2, -0.15) is 0 Å². The first-order valence-electron chi connectivity index (χ1n) is 4.60. The summed E-state index contributed by atoms with van der Waals surface area (Å²) < 4.78 is 5.56. The van der Waals surface area contributed by atoms with Crippen molar-refractivity contribution < 1.29 is 4.74 Å². The van der Waals surface area contributed by atoms with Gasteiger partial charge in [-0.3, -0.25) is 0 Å². The molecule has 0 fully saturated rings. The fourth-order valence-corrected chi connectivity index (χ4v) is 1.05. The Morgan fingerprint density at radius 2 is 1.93 bits per heavy atom. The van der Waals surface area contributed by atoms with Crippen molar-refractivity contribution in [2.45, 2.75) is 13.8 Å². The molecule has 2 N–H and O–H groups in total. The van der Waals surface area contributed by atoms with Crippen molar-refractivity contribution in [3.63, 3.8) is 0 Å². The molecule has 0 unspecified atom stereocenters. The second-order valence-electron chi connectivity index (χ2n) is 3.99. The van der Waals surface area contributed by atoms with Crippen LogP contribution in [0.15, 0.2) is 24.3 Å². The minimum absolute atomic E-state index is 0.297. The lowest BCUT2D eigenvalue weighted by molar-refractivity contribution is 0.236. The van der Waals surface area contributed by atoms with Gasteiger partial charge in [0.2, 0.25) is 0 Å². The van der Waals surface area contributed by atoms with E-state index in [9.17, 15) is 0 Å². The normalized spacial score (nSPS) is 11.1. The van der Waals surface area contributed by atoms with E-state index in [2.05, 4.69) is 0 Å². The van der Waals surface area contributed by atoms with E-state index in [4.69, 9.17) is 34.3 Å². The molecule has 0 amide bonds. The zero-order valence-corrected chi connectivity index (χ0v) is 10.4. The van der Waals surface area contributed by atoms with E-state index in [1.807, 2.05) is 26.0 Å². The molecule has 0 atom stereocenters. The minimum atomic E-state index is -0.297. The van der Waals surface area contributed by atoms with Gasteiger partial charge >= 0.3 is 0 Å². The molecule has 0 saturated carbocycles. The number of nitrogens with two attached hydrogens (primary N) is 1. The Morgan fingerprint density at radius 1 is 1.40 bits per heavy atom. The van der Waals surface area contributed by atoms with Crippen LogP contribution in [0.1, 0.15) is 13.8 Å². The van der Waals surface area contributed by atoms with E-state index in [1.54, 1.807) is 12.1 Å². The van der Waals surface area contributed by atoms with Crippen molar-refractivity contribution in [1.29, 1.82) is 0 Å². The Bertz CT molecular complexity index is 348. The van der Waals surface area contributed by atoms with E-state index < -0.39 is 0 Å². The Kier molecular flexibility index (Phi) is 3.94. The molecule has 1 aromatic carbocycles. The largest absolute Gasteiger partial charge is 0.493 e. The number of hydrogen-bond acceptors (Lipinski definition) is 2. The van der Waals surface area contributed by atoms with Crippen molar-refractivity contribution in [2.24, 2.45) is 11.1 Å². The van der Waals surface area contributed by atoms with Crippen LogP contribution < -0.4 is 10.5 Å². The van der Waals surface area contributed by atoms with Gasteiger partial charge < -0.3 is 10.5 Å². The van der Waals surface area contributed by atoms with Crippen LogP contribution in [0.4, 0.5) is 0 Å². The molecule has 15 heavy (non-hydrogen) atoms. The standard InChI is InChI=1S/C11H14ClNOS/c1-11(2,10(13)15)7-14-9-5-3-8(12)4-6-9/h3-6H,7H2,1-2H3,(H2,13,15). The molecule has 0 aliphatic heterocycles. The van der Waals surface area contributed by atoms with Crippen LogP contribution in [0.25, 0.3) is 0 Å². The number of thiocarbonyl (C=S) groups is 1. The van der Waals surface area contributed by atoms with Gasteiger partial charge in [0.25, 0.3) is 0 Å². The summed E-state index contributed by atoms with van der Waals surface area (Å²) in [7, 11) is 0. The van der Waals surface area contributed by atoms with Crippen LogP contribution in [0.3, 0.4) is 0 Å². The second-order valence-corrected chi connectivity index (χ2v) is 4.87. The average Bonchev–Trinajstić information content (AvgIpc) is 2.17. The molecular formula is C11H14ClNOS. The van der Waals surface area contributed by atoms with Crippen LogP contribution in [0.2, 0.25) is 5.02 Å². The predicted octanol–water partition coefficient (Wildman–Crippen LogP) is 3.03. The second kappa shape index (κ2) is 4.81. The van der Waals surface area contributed by atoms with Gasteiger partial charge in [-0.05, 0) is 24.3 Å². The average molecular weight is 244 g/mol. The first kappa shape index (κ1) is 12.3. The van der Waals surface area contributed by atoms with Gasteiger partial charge in [-0.15, -0.1) is 0 Å². The highest BCUT2D eigenvalue weighted by Gasteiger charge is 2.22. The number of benzene rings is 1. The lowest BCUT2D eigenvalue weighted by Gasteiger charge is -2.23. The molecule has 1 rings (SSSR count). The van der Waals surface area contributed by atoms with E-state index in [0.717, 1.165) is 5.75 Å². The van der Waals surface area contributed by atoms with E-state index in [0.29, 0.717) is 16.6 Å². The lowest BCUT2D eigenvalue weighted by Crippen LogP contribution is -2.35. The third-order valence-electron chi connectivity index (χ3n) is 2.08. The van der Waals surface area contributed by atoms with E-state index in [-0.39, 0.29) is 5.41 Å². The number of hydrogen-bond donors (Lipinski definition) is 1. The zero-order chi connectivity index (χ0) is 11.5. The first-order valence-corrected chi connectivity index (χ1v) is 5.39. The monoisotopic (exact) mass is 243 g/mol. The number of ether oxygens (including phenoxy) is 1. The Balaban J connectivity index is 2.57. The lowest BCUT2D eigenvalue weighted by atomic mass is 9.95. The fourth-order valence-electron chi connectivity index (χ4n) is 0.866. The first-order chi connectivity index (χ1) is 6.92. The fraction of sp³-hybridized carbons (Fsp3) is 0.364. The van der Waals surface area contributed by atoms with Crippen LogP contribution in [-0.2, 0) is 0 Å². The molecule has 1 aromatic rings. The van der Waals surface area contributed by atoms with Gasteiger partial charge in [0.1, 0.15) is 5.75 Å². The van der Waals surface area contributed by atoms with E-state index >= 15 is 0 Å². The highest BCUT2D eigenvalue weighted by molar-refractivity contribution is 7.80. The molecule has 0 aliphatic carbocycles. The molecule has 0 radical (unpaired) electrons. The third-order valence-corrected chi connectivity index (χ3v) is 2.88. The molecule has 4 heteroatoms. The highest BCUT2D eigenvalue weighted by atomic mass is 35.5. The van der Waals surface area contributed by atoms with Crippen molar-refractivity contribution in [2.75, 3.05) is 6.61 Å². The summed E-state index contributed by atoms with van der Waals surface area (Å²) in [4.78, 5) is 0.455. The Hall–Kier alpha value is -0.800. The Morgan fingerprint density at radius 3 is 2.40 bits per heavy atom. The van der Waals surface area contributed by atoms with Gasteiger partial charge in [0.05, 0.1) is 11.6 Å². The molecule has 0 heterocycles. The summed E-state index contributed by atoms with van der Waals surface area (Å²) in [5.74, 6) is 0.767. The molecule has 0 saturated heterocycles. The molecular weight excluding hydrogens is 230 g/mol. The summed E-state index contributed by atoms with van der Waals surface area (Å²) in [6, 6.07) is 7.20. The van der Waals surface area contributed by atoms with Crippen LogP contribution in [0, 0.1) is 5.41 Å². The Labute approximate surface area is 100 Å². The molecule has 0 aromatic heterocycles. The van der Waals surface area contributed by atoms with Gasteiger partial charge in [-0.25, -0.2) is 0 Å². The maximum atomic E-state index is 5.76. The van der Waals surface area contributed by atoms with Crippen LogP contribution in [-0.4, -0.2) is 11.6 Å². The number of halogens is 1. The maximum Gasteiger partial charge on any atom is 0.119 e. The molecule has 0 bridgehead atoms. The third kappa shape index (κ3) is 3.68. The van der Waals surface area contributed by atoms with Crippen molar-refractivity contribution in [1.82, 2.24) is 0 Å². The summed E-state index contributed by atoms with van der Waals surface area (Å²) in [6.45, 7) is 4.36. The SMILES string of the molecule is CC(C)(COc1ccc(Cl)cc1)C(N)=S. The van der Waals surface area contributed by atoms with Gasteiger partial charge in [0.15, 0.2) is 0 Å². The van der Waals surface area contributed by atoms with Crippen LogP contribution in [0.5, 0.6) is 5.75 Å². The van der Waals surface area contributed by atoms with Crippen molar-refractivity contribution in [3.8, 4) is 5.75 Å². The molecule has 2 nitrogen and oxygen atoms in total. The molecule has 0 aliphatic rings. The summed E-state index contributed by atoms with van der Waals surface area (Å²) in [6.07, 6.45) is 0. The summed E-state index contributed by atoms with van der Waals surface area (Å²) in [5, 5.41) is 0.691. The van der Waals surface area contributed by atoms with Crippen molar-refractivity contribution >= 4 is 28.8 Å². The van der Waals surface area contributed by atoms with E-state index in [1.165, 1.54) is 0 Å².